The second kappa shape index (κ2) is 6.79. The minimum atomic E-state index is -0.809. The van der Waals surface area contributed by atoms with Gasteiger partial charge in [0, 0.05) is 13.0 Å². The van der Waals surface area contributed by atoms with Gasteiger partial charge in [-0.3, -0.25) is 9.59 Å². The molecule has 3 aromatic heterocycles. The molecular weight excluding hydrogens is 328 g/mol. The van der Waals surface area contributed by atoms with Crippen LogP contribution in [0.25, 0.3) is 16.2 Å². The monoisotopic (exact) mass is 344 g/mol. The van der Waals surface area contributed by atoms with Gasteiger partial charge in [-0.15, -0.1) is 16.4 Å². The standard InChI is InChI=1S/C16H16N4O3S/c1-10(21)12-4-5-13(24-12)11-9-18-15-7-6-14(19-20(11)15)17-8-2-3-16(22)23/h4-7,9H,2-3,8H2,1H3,(H,17,19)(H,22,23). The molecule has 0 fully saturated rings. The third-order valence-corrected chi connectivity index (χ3v) is 4.65. The largest absolute Gasteiger partial charge is 0.481 e. The van der Waals surface area contributed by atoms with Gasteiger partial charge in [0.1, 0.15) is 11.5 Å². The lowest BCUT2D eigenvalue weighted by Gasteiger charge is -2.05. The first kappa shape index (κ1) is 16.1. The molecule has 124 valence electrons. The predicted molar refractivity (Wildman–Crippen MR) is 91.7 cm³/mol. The van der Waals surface area contributed by atoms with Crippen LogP contribution in [0.3, 0.4) is 0 Å². The summed E-state index contributed by atoms with van der Waals surface area (Å²) >= 11 is 1.41. The lowest BCUT2D eigenvalue weighted by Crippen LogP contribution is -2.07. The number of ketones is 1. The zero-order chi connectivity index (χ0) is 17.1. The lowest BCUT2D eigenvalue weighted by atomic mass is 10.3. The summed E-state index contributed by atoms with van der Waals surface area (Å²) in [5.74, 6) is -0.125. The number of carbonyl (C=O) groups excluding carboxylic acids is 1. The highest BCUT2D eigenvalue weighted by molar-refractivity contribution is 7.17. The number of imidazole rings is 1. The molecule has 2 N–H and O–H groups in total. The molecule has 3 heterocycles. The second-order valence-electron chi connectivity index (χ2n) is 5.28. The maximum Gasteiger partial charge on any atom is 0.303 e. The quantitative estimate of drug-likeness (QED) is 0.505. The molecule has 0 aliphatic rings. The van der Waals surface area contributed by atoms with Crippen LogP contribution in [0.4, 0.5) is 5.82 Å². The van der Waals surface area contributed by atoms with Crippen molar-refractivity contribution >= 4 is 34.6 Å². The maximum absolute atomic E-state index is 11.5. The van der Waals surface area contributed by atoms with Gasteiger partial charge < -0.3 is 10.4 Å². The first-order valence-corrected chi connectivity index (χ1v) is 8.28. The number of rotatable bonds is 7. The van der Waals surface area contributed by atoms with Crippen LogP contribution in [0.1, 0.15) is 29.4 Å². The topological polar surface area (TPSA) is 96.6 Å². The number of fused-ring (bicyclic) bond motifs is 1. The Morgan fingerprint density at radius 3 is 2.83 bits per heavy atom. The van der Waals surface area contributed by atoms with Gasteiger partial charge in [0.25, 0.3) is 0 Å². The van der Waals surface area contributed by atoms with Crippen molar-refractivity contribution in [3.8, 4) is 10.6 Å². The molecule has 0 atom stereocenters. The fraction of sp³-hybridized carbons (Fsp3) is 0.250. The number of aliphatic carboxylic acids is 1. The highest BCUT2D eigenvalue weighted by atomic mass is 32.1. The molecule has 3 rings (SSSR count). The molecule has 0 bridgehead atoms. The molecule has 0 radical (unpaired) electrons. The SMILES string of the molecule is CC(=O)c1ccc(-c2cnc3ccc(NCCCC(=O)O)nn23)s1. The van der Waals surface area contributed by atoms with E-state index in [9.17, 15) is 9.59 Å². The third kappa shape index (κ3) is 3.43. The fourth-order valence-electron chi connectivity index (χ4n) is 2.26. The smallest absolute Gasteiger partial charge is 0.303 e. The van der Waals surface area contributed by atoms with Gasteiger partial charge in [0.05, 0.1) is 16.0 Å². The Balaban J connectivity index is 1.83. The van der Waals surface area contributed by atoms with Crippen molar-refractivity contribution in [3.63, 3.8) is 0 Å². The Morgan fingerprint density at radius 1 is 1.29 bits per heavy atom. The molecule has 0 saturated carbocycles. The van der Waals surface area contributed by atoms with E-state index >= 15 is 0 Å². The lowest BCUT2D eigenvalue weighted by molar-refractivity contribution is -0.137. The zero-order valence-electron chi connectivity index (χ0n) is 13.0. The minimum Gasteiger partial charge on any atom is -0.481 e. The van der Waals surface area contributed by atoms with Crippen LogP contribution in [0, 0.1) is 0 Å². The normalized spacial score (nSPS) is 10.9. The average Bonchev–Trinajstić information content (AvgIpc) is 3.17. The molecule has 0 saturated heterocycles. The number of nitrogens with zero attached hydrogens (tertiary/aromatic N) is 3. The summed E-state index contributed by atoms with van der Waals surface area (Å²) in [6, 6.07) is 7.34. The van der Waals surface area contributed by atoms with Crippen LogP contribution >= 0.6 is 11.3 Å². The van der Waals surface area contributed by atoms with Crippen LogP contribution in [-0.2, 0) is 4.79 Å². The number of thiophene rings is 1. The summed E-state index contributed by atoms with van der Waals surface area (Å²) in [7, 11) is 0. The van der Waals surface area contributed by atoms with E-state index in [1.54, 1.807) is 23.7 Å². The molecule has 3 aromatic rings. The van der Waals surface area contributed by atoms with Crippen LogP contribution < -0.4 is 5.32 Å². The Bertz CT molecular complexity index is 900. The van der Waals surface area contributed by atoms with Crippen molar-refractivity contribution in [2.24, 2.45) is 0 Å². The van der Waals surface area contributed by atoms with Gasteiger partial charge in [-0.05, 0) is 37.6 Å². The molecule has 0 aliphatic heterocycles. The molecule has 0 unspecified atom stereocenters. The number of hydrogen-bond donors (Lipinski definition) is 2. The van der Waals surface area contributed by atoms with Gasteiger partial charge in [-0.2, -0.15) is 0 Å². The van der Waals surface area contributed by atoms with E-state index in [1.807, 2.05) is 18.2 Å². The Kier molecular flexibility index (Phi) is 4.57. The van der Waals surface area contributed by atoms with E-state index < -0.39 is 5.97 Å². The summed E-state index contributed by atoms with van der Waals surface area (Å²) in [4.78, 5) is 27.9. The summed E-state index contributed by atoms with van der Waals surface area (Å²) in [6.45, 7) is 2.07. The second-order valence-corrected chi connectivity index (χ2v) is 6.36. The number of Topliss-reactive ketones (excluding diaryl/α,β-unsaturated/α-hetero) is 1. The van der Waals surface area contributed by atoms with Crippen molar-refractivity contribution in [1.29, 1.82) is 0 Å². The summed E-state index contributed by atoms with van der Waals surface area (Å²) < 4.78 is 1.72. The van der Waals surface area contributed by atoms with E-state index in [-0.39, 0.29) is 12.2 Å². The molecule has 0 amide bonds. The van der Waals surface area contributed by atoms with Crippen LogP contribution in [-0.4, -0.2) is 38.0 Å². The fourth-order valence-corrected chi connectivity index (χ4v) is 3.15. The van der Waals surface area contributed by atoms with E-state index in [0.717, 1.165) is 10.6 Å². The first-order chi connectivity index (χ1) is 11.5. The number of anilines is 1. The van der Waals surface area contributed by atoms with Crippen molar-refractivity contribution in [1.82, 2.24) is 14.6 Å². The van der Waals surface area contributed by atoms with Gasteiger partial charge in [0.2, 0.25) is 0 Å². The molecule has 0 spiro atoms. The van der Waals surface area contributed by atoms with Gasteiger partial charge >= 0.3 is 5.97 Å². The molecular formula is C16H16N4O3S. The minimum absolute atomic E-state index is 0.0359. The molecule has 8 heteroatoms. The van der Waals surface area contributed by atoms with E-state index in [0.29, 0.717) is 29.3 Å². The number of carboxylic acid groups (broad SMARTS) is 1. The Morgan fingerprint density at radius 2 is 2.12 bits per heavy atom. The van der Waals surface area contributed by atoms with Crippen molar-refractivity contribution in [3.05, 3.63) is 35.3 Å². The Labute approximate surface area is 142 Å². The van der Waals surface area contributed by atoms with Gasteiger partial charge in [0.15, 0.2) is 11.4 Å². The summed E-state index contributed by atoms with van der Waals surface area (Å²) in [6.07, 6.45) is 2.37. The number of carbonyl (C=O) groups is 2. The van der Waals surface area contributed by atoms with E-state index in [4.69, 9.17) is 5.11 Å². The molecule has 0 aliphatic carbocycles. The van der Waals surface area contributed by atoms with Gasteiger partial charge in [-0.1, -0.05) is 0 Å². The van der Waals surface area contributed by atoms with Crippen LogP contribution in [0.15, 0.2) is 30.5 Å². The zero-order valence-corrected chi connectivity index (χ0v) is 13.8. The number of aromatic nitrogens is 3. The van der Waals surface area contributed by atoms with Crippen LogP contribution in [0.2, 0.25) is 0 Å². The summed E-state index contributed by atoms with van der Waals surface area (Å²) in [5, 5.41) is 16.3. The first-order valence-electron chi connectivity index (χ1n) is 7.46. The van der Waals surface area contributed by atoms with E-state index in [1.165, 1.54) is 11.3 Å². The maximum atomic E-state index is 11.5. The van der Waals surface area contributed by atoms with Crippen molar-refractivity contribution in [2.75, 3.05) is 11.9 Å². The predicted octanol–water partition coefficient (Wildman–Crippen LogP) is 2.94. The number of carboxylic acids is 1. The number of hydrogen-bond acceptors (Lipinski definition) is 6. The van der Waals surface area contributed by atoms with Crippen molar-refractivity contribution in [2.45, 2.75) is 19.8 Å². The molecule has 7 nitrogen and oxygen atoms in total. The van der Waals surface area contributed by atoms with Crippen molar-refractivity contribution < 1.29 is 14.7 Å². The summed E-state index contributed by atoms with van der Waals surface area (Å²) in [5.41, 5.74) is 1.52. The molecule has 0 aromatic carbocycles. The van der Waals surface area contributed by atoms with Gasteiger partial charge in [-0.25, -0.2) is 9.50 Å². The highest BCUT2D eigenvalue weighted by Crippen LogP contribution is 2.28. The Hall–Kier alpha value is -2.74. The van der Waals surface area contributed by atoms with Crippen LogP contribution in [0.5, 0.6) is 0 Å². The van der Waals surface area contributed by atoms with E-state index in [2.05, 4.69) is 15.4 Å². The molecule has 24 heavy (non-hydrogen) atoms. The highest BCUT2D eigenvalue weighted by Gasteiger charge is 2.12. The average molecular weight is 344 g/mol. The number of nitrogens with one attached hydrogen (secondary N) is 1. The third-order valence-electron chi connectivity index (χ3n) is 3.44.